The Morgan fingerprint density at radius 3 is 2.83 bits per heavy atom. The van der Waals surface area contributed by atoms with Crippen molar-refractivity contribution in [1.82, 2.24) is 4.90 Å². The van der Waals surface area contributed by atoms with Gasteiger partial charge in [-0.05, 0) is 40.3 Å². The molecule has 70 valence electrons. The van der Waals surface area contributed by atoms with E-state index in [9.17, 15) is 0 Å². The van der Waals surface area contributed by atoms with E-state index in [0.29, 0.717) is 6.04 Å². The molecule has 0 bridgehead atoms. The first kappa shape index (κ1) is 9.52. The molecule has 0 aromatic carbocycles. The highest BCUT2D eigenvalue weighted by atomic mass is 16.6. The van der Waals surface area contributed by atoms with Crippen LogP contribution in [0, 0.1) is 0 Å². The zero-order valence-electron chi connectivity index (χ0n) is 8.16. The molecule has 1 atom stereocenters. The molecule has 0 aliphatic carbocycles. The number of oxime groups is 1. The molecule has 12 heavy (non-hydrogen) atoms. The van der Waals surface area contributed by atoms with Crippen molar-refractivity contribution in [3.05, 3.63) is 0 Å². The Bertz CT molecular complexity index is 157. The lowest BCUT2D eigenvalue weighted by atomic mass is 10.2. The maximum absolute atomic E-state index is 5.09. The van der Waals surface area contributed by atoms with Gasteiger partial charge in [-0.15, -0.1) is 0 Å². The maximum atomic E-state index is 5.09. The van der Waals surface area contributed by atoms with Crippen molar-refractivity contribution < 1.29 is 4.84 Å². The van der Waals surface area contributed by atoms with Crippen molar-refractivity contribution in [2.45, 2.75) is 38.8 Å². The van der Waals surface area contributed by atoms with Gasteiger partial charge in [-0.1, -0.05) is 5.16 Å². The predicted molar refractivity (Wildman–Crippen MR) is 50.4 cm³/mol. The molecule has 3 heteroatoms. The smallest absolute Gasteiger partial charge is 0.122 e. The molecule has 1 heterocycles. The summed E-state index contributed by atoms with van der Waals surface area (Å²) in [4.78, 5) is 7.39. The van der Waals surface area contributed by atoms with Crippen molar-refractivity contribution in [2.24, 2.45) is 5.16 Å². The normalized spacial score (nSPS) is 25.8. The molecular weight excluding hydrogens is 152 g/mol. The fraction of sp³-hybridized carbons (Fsp3) is 0.889. The first-order chi connectivity index (χ1) is 5.70. The van der Waals surface area contributed by atoms with Crippen LogP contribution in [-0.2, 0) is 4.84 Å². The van der Waals surface area contributed by atoms with Gasteiger partial charge in [0.05, 0.1) is 6.21 Å². The van der Waals surface area contributed by atoms with Gasteiger partial charge in [0, 0.05) is 6.04 Å². The van der Waals surface area contributed by atoms with Crippen LogP contribution in [0.1, 0.15) is 26.7 Å². The Labute approximate surface area is 74.4 Å². The van der Waals surface area contributed by atoms with E-state index in [1.807, 2.05) is 20.1 Å². The molecule has 0 amide bonds. The third kappa shape index (κ3) is 2.81. The lowest BCUT2D eigenvalue weighted by Crippen LogP contribution is -2.26. The third-order valence-electron chi connectivity index (χ3n) is 2.08. The van der Waals surface area contributed by atoms with E-state index in [0.717, 1.165) is 0 Å². The van der Waals surface area contributed by atoms with Gasteiger partial charge in [0.2, 0.25) is 0 Å². The largest absolute Gasteiger partial charge is 0.393 e. The topological polar surface area (TPSA) is 24.8 Å². The number of likely N-dealkylation sites (tertiary alicyclic amines) is 1. The van der Waals surface area contributed by atoms with Crippen molar-refractivity contribution >= 4 is 6.21 Å². The van der Waals surface area contributed by atoms with Gasteiger partial charge in [0.25, 0.3) is 0 Å². The van der Waals surface area contributed by atoms with E-state index >= 15 is 0 Å². The second-order valence-corrected chi connectivity index (χ2v) is 3.60. The molecule has 0 N–H and O–H groups in total. The molecule has 1 fully saturated rings. The summed E-state index contributed by atoms with van der Waals surface area (Å²) in [6, 6.07) is 0.490. The first-order valence-corrected chi connectivity index (χ1v) is 4.59. The predicted octanol–water partition coefficient (Wildman–Crippen LogP) is 1.49. The van der Waals surface area contributed by atoms with Crippen LogP contribution >= 0.6 is 0 Å². The third-order valence-corrected chi connectivity index (χ3v) is 2.08. The lowest BCUT2D eigenvalue weighted by Gasteiger charge is -2.13. The van der Waals surface area contributed by atoms with Crippen molar-refractivity contribution in [3.63, 3.8) is 0 Å². The van der Waals surface area contributed by atoms with Crippen LogP contribution in [0.2, 0.25) is 0 Å². The standard InChI is InChI=1S/C9H18N2O/c1-8(2)12-10-7-9-5-4-6-11(9)3/h7-9H,4-6H2,1-3H3/b10-7+/t9-/m1/s1. The minimum Gasteiger partial charge on any atom is -0.393 e. The molecular formula is C9H18N2O. The average molecular weight is 170 g/mol. The van der Waals surface area contributed by atoms with E-state index in [1.165, 1.54) is 19.4 Å². The minimum absolute atomic E-state index is 0.188. The Hall–Kier alpha value is -0.570. The first-order valence-electron chi connectivity index (χ1n) is 4.59. The number of hydrogen-bond donors (Lipinski definition) is 0. The van der Waals surface area contributed by atoms with Crippen LogP contribution in [-0.4, -0.2) is 36.9 Å². The second-order valence-electron chi connectivity index (χ2n) is 3.60. The van der Waals surface area contributed by atoms with Crippen LogP contribution < -0.4 is 0 Å². The maximum Gasteiger partial charge on any atom is 0.122 e. The molecule has 0 aromatic rings. The highest BCUT2D eigenvalue weighted by Crippen LogP contribution is 2.12. The Morgan fingerprint density at radius 1 is 1.58 bits per heavy atom. The Morgan fingerprint density at radius 2 is 2.33 bits per heavy atom. The van der Waals surface area contributed by atoms with Crippen LogP contribution in [0.15, 0.2) is 5.16 Å². The molecule has 1 saturated heterocycles. The zero-order chi connectivity index (χ0) is 8.97. The average Bonchev–Trinajstić information content (AvgIpc) is 2.36. The summed E-state index contributed by atoms with van der Waals surface area (Å²) >= 11 is 0. The summed E-state index contributed by atoms with van der Waals surface area (Å²) in [6.07, 6.45) is 4.58. The van der Waals surface area contributed by atoms with Crippen molar-refractivity contribution in [2.75, 3.05) is 13.6 Å². The highest BCUT2D eigenvalue weighted by molar-refractivity contribution is 5.64. The lowest BCUT2D eigenvalue weighted by molar-refractivity contribution is 0.0858. The molecule has 1 aliphatic rings. The van der Waals surface area contributed by atoms with Crippen molar-refractivity contribution in [3.8, 4) is 0 Å². The highest BCUT2D eigenvalue weighted by Gasteiger charge is 2.18. The van der Waals surface area contributed by atoms with E-state index in [4.69, 9.17) is 4.84 Å². The van der Waals surface area contributed by atoms with E-state index in [-0.39, 0.29) is 6.10 Å². The van der Waals surface area contributed by atoms with Crippen LogP contribution in [0.25, 0.3) is 0 Å². The molecule has 1 rings (SSSR count). The fourth-order valence-corrected chi connectivity index (χ4v) is 1.35. The molecule has 0 spiro atoms. The number of rotatable bonds is 3. The zero-order valence-corrected chi connectivity index (χ0v) is 8.16. The van der Waals surface area contributed by atoms with Crippen molar-refractivity contribution in [1.29, 1.82) is 0 Å². The fourth-order valence-electron chi connectivity index (χ4n) is 1.35. The Kier molecular flexibility index (Phi) is 3.53. The monoisotopic (exact) mass is 170 g/mol. The van der Waals surface area contributed by atoms with Crippen LogP contribution in [0.3, 0.4) is 0 Å². The van der Waals surface area contributed by atoms with Crippen LogP contribution in [0.4, 0.5) is 0 Å². The van der Waals surface area contributed by atoms with Gasteiger partial charge in [-0.2, -0.15) is 0 Å². The van der Waals surface area contributed by atoms with E-state index < -0.39 is 0 Å². The van der Waals surface area contributed by atoms with Gasteiger partial charge in [-0.25, -0.2) is 0 Å². The SMILES string of the molecule is CC(C)O/N=C/[C@H]1CCCN1C. The van der Waals surface area contributed by atoms with Gasteiger partial charge in [0.15, 0.2) is 0 Å². The molecule has 1 aliphatic heterocycles. The quantitative estimate of drug-likeness (QED) is 0.473. The molecule has 0 unspecified atom stereocenters. The van der Waals surface area contributed by atoms with Gasteiger partial charge in [-0.3, -0.25) is 4.90 Å². The minimum atomic E-state index is 0.188. The van der Waals surface area contributed by atoms with Gasteiger partial charge < -0.3 is 4.84 Å². The van der Waals surface area contributed by atoms with E-state index in [2.05, 4.69) is 17.1 Å². The summed E-state index contributed by atoms with van der Waals surface area (Å²) in [5.74, 6) is 0. The summed E-state index contributed by atoms with van der Waals surface area (Å²) in [7, 11) is 2.12. The van der Waals surface area contributed by atoms with Gasteiger partial charge >= 0.3 is 0 Å². The van der Waals surface area contributed by atoms with E-state index in [1.54, 1.807) is 0 Å². The molecule has 0 aromatic heterocycles. The summed E-state index contributed by atoms with van der Waals surface area (Å²) in [5.41, 5.74) is 0. The summed E-state index contributed by atoms with van der Waals surface area (Å²) in [5, 5.41) is 3.94. The van der Waals surface area contributed by atoms with Gasteiger partial charge in [0.1, 0.15) is 6.10 Å². The number of hydrogen-bond acceptors (Lipinski definition) is 3. The molecule has 0 radical (unpaired) electrons. The summed E-state index contributed by atoms with van der Waals surface area (Å²) in [6.45, 7) is 5.14. The molecule has 3 nitrogen and oxygen atoms in total. The Balaban J connectivity index is 2.25. The molecule has 0 saturated carbocycles. The second kappa shape index (κ2) is 4.45. The number of nitrogens with zero attached hydrogens (tertiary/aromatic N) is 2. The van der Waals surface area contributed by atoms with Crippen LogP contribution in [0.5, 0.6) is 0 Å². The summed E-state index contributed by atoms with van der Waals surface area (Å²) < 4.78 is 0.